The number of ether oxygens (including phenoxy) is 3. The predicted molar refractivity (Wildman–Crippen MR) is 109 cm³/mol. The first-order chi connectivity index (χ1) is 14.6. The Bertz CT molecular complexity index is 918. The highest BCUT2D eigenvalue weighted by atomic mass is 32.1. The van der Waals surface area contributed by atoms with Gasteiger partial charge in [-0.15, -0.1) is 0 Å². The Hall–Kier alpha value is -2.12. The van der Waals surface area contributed by atoms with Crippen molar-refractivity contribution in [2.45, 2.75) is 55.9 Å². The van der Waals surface area contributed by atoms with Crippen molar-refractivity contribution in [2.24, 2.45) is 0 Å². The zero-order valence-electron chi connectivity index (χ0n) is 16.2. The quantitative estimate of drug-likeness (QED) is 0.444. The van der Waals surface area contributed by atoms with Gasteiger partial charge in [0.1, 0.15) is 31.2 Å². The minimum absolute atomic E-state index is 0.0311. The van der Waals surface area contributed by atoms with Gasteiger partial charge in [-0.05, 0) is 31.5 Å². The number of hydrogen-bond acceptors (Lipinski definition) is 10. The Morgan fingerprint density at radius 1 is 1.20 bits per heavy atom. The number of aliphatic hydroxyl groups is 2. The molecule has 3 fully saturated rings. The van der Waals surface area contributed by atoms with E-state index in [0.29, 0.717) is 36.2 Å². The normalized spacial score (nSPS) is 31.2. The number of imidazole rings is 1. The van der Waals surface area contributed by atoms with Crippen LogP contribution in [0.2, 0.25) is 0 Å². The molecule has 2 aliphatic heterocycles. The number of fused-ring (bicyclic) bond motifs is 1. The fourth-order valence-corrected chi connectivity index (χ4v) is 3.91. The summed E-state index contributed by atoms with van der Waals surface area (Å²) in [5, 5.41) is 27.7. The summed E-state index contributed by atoms with van der Waals surface area (Å²) in [6.07, 6.45) is 2.10. The van der Waals surface area contributed by atoms with Crippen molar-refractivity contribution in [1.82, 2.24) is 24.8 Å². The van der Waals surface area contributed by atoms with E-state index >= 15 is 0 Å². The van der Waals surface area contributed by atoms with Crippen molar-refractivity contribution < 1.29 is 24.4 Å². The SMILES string of the molecule is OC1C(COC(=S)NC2CC2)OC(n2cnc3c(NC4CCOC4)ncnc32)C1O. The largest absolute Gasteiger partial charge is 0.468 e. The van der Waals surface area contributed by atoms with Crippen molar-refractivity contribution in [3.63, 3.8) is 0 Å². The summed E-state index contributed by atoms with van der Waals surface area (Å²) in [6.45, 7) is 1.36. The lowest BCUT2D eigenvalue weighted by atomic mass is 10.1. The smallest absolute Gasteiger partial charge is 0.256 e. The summed E-state index contributed by atoms with van der Waals surface area (Å²) in [7, 11) is 0. The Morgan fingerprint density at radius 3 is 2.83 bits per heavy atom. The van der Waals surface area contributed by atoms with Gasteiger partial charge < -0.3 is 35.1 Å². The first-order valence-corrected chi connectivity index (χ1v) is 10.5. The molecule has 5 atom stereocenters. The van der Waals surface area contributed by atoms with E-state index in [-0.39, 0.29) is 17.8 Å². The molecule has 1 aliphatic carbocycles. The topological polar surface area (TPSA) is 136 Å². The van der Waals surface area contributed by atoms with Crippen LogP contribution in [-0.4, -0.2) is 85.1 Å². The molecule has 3 aliphatic rings. The maximum absolute atomic E-state index is 10.6. The van der Waals surface area contributed by atoms with E-state index in [1.165, 1.54) is 12.7 Å². The molecular weight excluding hydrogens is 412 g/mol. The van der Waals surface area contributed by atoms with Crippen LogP contribution in [0.3, 0.4) is 0 Å². The third-order valence-corrected chi connectivity index (χ3v) is 5.75. The summed E-state index contributed by atoms with van der Waals surface area (Å²) in [5.41, 5.74) is 1.05. The van der Waals surface area contributed by atoms with E-state index < -0.39 is 24.5 Å². The molecule has 0 aromatic carbocycles. The highest BCUT2D eigenvalue weighted by molar-refractivity contribution is 7.80. The van der Waals surface area contributed by atoms with Crippen LogP contribution in [0.4, 0.5) is 5.82 Å². The van der Waals surface area contributed by atoms with Crippen LogP contribution >= 0.6 is 12.2 Å². The Balaban J connectivity index is 1.30. The van der Waals surface area contributed by atoms with Gasteiger partial charge in [-0.3, -0.25) is 4.57 Å². The molecule has 0 radical (unpaired) electrons. The van der Waals surface area contributed by atoms with Gasteiger partial charge in [-0.25, -0.2) is 15.0 Å². The lowest BCUT2D eigenvalue weighted by Crippen LogP contribution is -2.36. The molecule has 12 heteroatoms. The van der Waals surface area contributed by atoms with E-state index in [1.807, 2.05) is 0 Å². The van der Waals surface area contributed by atoms with Crippen LogP contribution in [0.5, 0.6) is 0 Å². The summed E-state index contributed by atoms with van der Waals surface area (Å²) in [6, 6.07) is 0.541. The van der Waals surface area contributed by atoms with Crippen LogP contribution in [0.1, 0.15) is 25.5 Å². The lowest BCUT2D eigenvalue weighted by Gasteiger charge is -2.17. The monoisotopic (exact) mass is 436 g/mol. The molecule has 4 heterocycles. The zero-order valence-corrected chi connectivity index (χ0v) is 17.0. The molecule has 30 heavy (non-hydrogen) atoms. The highest BCUT2D eigenvalue weighted by Gasteiger charge is 2.45. The van der Waals surface area contributed by atoms with Crippen molar-refractivity contribution >= 4 is 34.4 Å². The molecule has 5 rings (SSSR count). The molecule has 11 nitrogen and oxygen atoms in total. The average Bonchev–Trinajstić information content (AvgIpc) is 3.12. The molecule has 4 N–H and O–H groups in total. The van der Waals surface area contributed by atoms with E-state index in [2.05, 4.69) is 25.6 Å². The predicted octanol–water partition coefficient (Wildman–Crippen LogP) is -0.300. The molecule has 2 aromatic rings. The molecule has 2 saturated heterocycles. The number of aliphatic hydroxyl groups excluding tert-OH is 2. The number of nitrogens with one attached hydrogen (secondary N) is 2. The van der Waals surface area contributed by atoms with Crippen LogP contribution < -0.4 is 10.6 Å². The maximum Gasteiger partial charge on any atom is 0.256 e. The minimum Gasteiger partial charge on any atom is -0.468 e. The second kappa shape index (κ2) is 8.19. The van der Waals surface area contributed by atoms with Gasteiger partial charge in [-0.2, -0.15) is 0 Å². The standard InChI is InChI=1S/C18H24N6O5S/c25-13-11(6-28-18(30)23-9-1-2-9)29-17(14(13)26)24-8-21-12-15(19-7-20-16(12)24)22-10-3-4-27-5-10/h7-11,13-14,17,25-26H,1-6H2,(H,23,30)(H,19,20,22). The van der Waals surface area contributed by atoms with Gasteiger partial charge in [0, 0.05) is 12.6 Å². The van der Waals surface area contributed by atoms with Gasteiger partial charge in [-0.1, -0.05) is 0 Å². The van der Waals surface area contributed by atoms with Gasteiger partial charge in [0.05, 0.1) is 19.0 Å². The molecule has 0 bridgehead atoms. The van der Waals surface area contributed by atoms with Gasteiger partial charge in [0.15, 0.2) is 23.2 Å². The Kier molecular flexibility index (Phi) is 5.41. The molecule has 0 spiro atoms. The maximum atomic E-state index is 10.6. The molecule has 1 saturated carbocycles. The summed E-state index contributed by atoms with van der Waals surface area (Å²) in [5.74, 6) is 0.596. The van der Waals surface area contributed by atoms with Gasteiger partial charge in [0.25, 0.3) is 5.17 Å². The minimum atomic E-state index is -1.17. The zero-order chi connectivity index (χ0) is 20.7. The van der Waals surface area contributed by atoms with Gasteiger partial charge in [0.2, 0.25) is 0 Å². The number of aromatic nitrogens is 4. The van der Waals surface area contributed by atoms with Crippen LogP contribution in [-0.2, 0) is 14.2 Å². The van der Waals surface area contributed by atoms with E-state index in [0.717, 1.165) is 19.3 Å². The fourth-order valence-electron chi connectivity index (χ4n) is 3.68. The van der Waals surface area contributed by atoms with Crippen molar-refractivity contribution in [2.75, 3.05) is 25.1 Å². The first-order valence-electron chi connectivity index (χ1n) is 10.1. The number of anilines is 1. The third kappa shape index (κ3) is 3.93. The summed E-state index contributed by atoms with van der Waals surface area (Å²) >= 11 is 5.14. The molecule has 2 aromatic heterocycles. The number of rotatable bonds is 6. The average molecular weight is 436 g/mol. The second-order valence-corrected chi connectivity index (χ2v) is 8.19. The number of nitrogens with zero attached hydrogens (tertiary/aromatic N) is 4. The Labute approximate surface area is 177 Å². The van der Waals surface area contributed by atoms with Crippen LogP contribution in [0, 0.1) is 0 Å². The second-order valence-electron chi connectivity index (χ2n) is 7.81. The van der Waals surface area contributed by atoms with Crippen LogP contribution in [0.25, 0.3) is 11.2 Å². The molecule has 162 valence electrons. The van der Waals surface area contributed by atoms with E-state index in [4.69, 9.17) is 26.4 Å². The van der Waals surface area contributed by atoms with Crippen molar-refractivity contribution in [3.05, 3.63) is 12.7 Å². The van der Waals surface area contributed by atoms with E-state index in [9.17, 15) is 10.2 Å². The van der Waals surface area contributed by atoms with Crippen LogP contribution in [0.15, 0.2) is 12.7 Å². The lowest BCUT2D eigenvalue weighted by molar-refractivity contribution is -0.0491. The summed E-state index contributed by atoms with van der Waals surface area (Å²) in [4.78, 5) is 13.0. The van der Waals surface area contributed by atoms with Gasteiger partial charge >= 0.3 is 0 Å². The third-order valence-electron chi connectivity index (χ3n) is 5.52. The van der Waals surface area contributed by atoms with Crippen molar-refractivity contribution in [1.29, 1.82) is 0 Å². The number of hydrogen-bond donors (Lipinski definition) is 4. The van der Waals surface area contributed by atoms with E-state index in [1.54, 1.807) is 4.57 Å². The number of thiocarbonyl (C=S) groups is 1. The molecule has 0 amide bonds. The molecular formula is C18H24N6O5S. The van der Waals surface area contributed by atoms with Crippen molar-refractivity contribution in [3.8, 4) is 0 Å². The molecule has 5 unspecified atom stereocenters. The fraction of sp³-hybridized carbons (Fsp3) is 0.667. The highest BCUT2D eigenvalue weighted by Crippen LogP contribution is 2.32. The Morgan fingerprint density at radius 2 is 2.07 bits per heavy atom. The first kappa shape index (κ1) is 19.8. The summed E-state index contributed by atoms with van der Waals surface area (Å²) < 4.78 is 18.4.